The highest BCUT2D eigenvalue weighted by Crippen LogP contribution is 2.22. The first-order valence-corrected chi connectivity index (χ1v) is 11.7. The first kappa shape index (κ1) is 23.3. The van der Waals surface area contributed by atoms with Crippen molar-refractivity contribution in [3.8, 4) is 0 Å². The zero-order valence-corrected chi connectivity index (χ0v) is 18.3. The number of likely N-dealkylation sites (N-methyl/N-ethyl adjacent to an activating group) is 1. The van der Waals surface area contributed by atoms with Crippen molar-refractivity contribution in [1.82, 2.24) is 25.4 Å². The standard InChI is InChI=1S/C18H33N7O3S/c1-20-22-18(21-13-19)25-9-7-16(8-10-25)24(2)12-14-5-4-6-15(11-14)17(26)23-29(3,27)28/h6,11,16,20H,4-5,7-10,12-13,19H2,1-3H3,(H,21,22)(H,23,26). The maximum absolute atomic E-state index is 12.1. The van der Waals surface area contributed by atoms with Gasteiger partial charge in [0.15, 0.2) is 0 Å². The second kappa shape index (κ2) is 10.7. The molecule has 0 saturated carbocycles. The van der Waals surface area contributed by atoms with E-state index < -0.39 is 15.9 Å². The molecule has 0 aromatic heterocycles. The minimum absolute atomic E-state index is 0.237. The lowest BCUT2D eigenvalue weighted by Gasteiger charge is -2.38. The van der Waals surface area contributed by atoms with Gasteiger partial charge in [-0.15, -0.1) is 0 Å². The van der Waals surface area contributed by atoms with Crippen molar-refractivity contribution < 1.29 is 13.2 Å². The third-order valence-electron chi connectivity index (χ3n) is 5.05. The Morgan fingerprint density at radius 1 is 1.38 bits per heavy atom. The highest BCUT2D eigenvalue weighted by Gasteiger charge is 2.25. The number of aliphatic imine (C=N–C) groups is 1. The predicted molar refractivity (Wildman–Crippen MR) is 114 cm³/mol. The SMILES string of the molecule is CNNC(=NCN)N1CCC(N(C)CC2=CC(C(=O)NS(C)(=O)=O)=CCC2)CC1. The van der Waals surface area contributed by atoms with Crippen LogP contribution in [0.3, 0.4) is 0 Å². The van der Waals surface area contributed by atoms with Gasteiger partial charge in [0.2, 0.25) is 16.0 Å². The van der Waals surface area contributed by atoms with Crippen LogP contribution in [0.1, 0.15) is 25.7 Å². The number of nitrogens with zero attached hydrogens (tertiary/aromatic N) is 3. The number of carbonyl (C=O) groups excluding carboxylic acids is 1. The Balaban J connectivity index is 1.91. The van der Waals surface area contributed by atoms with E-state index >= 15 is 0 Å². The Bertz CT molecular complexity index is 768. The Hall–Kier alpha value is -1.95. The fraction of sp³-hybridized carbons (Fsp3) is 0.667. The number of nitrogens with one attached hydrogen (secondary N) is 3. The minimum Gasteiger partial charge on any atom is -0.342 e. The van der Waals surface area contributed by atoms with E-state index in [4.69, 9.17) is 5.73 Å². The van der Waals surface area contributed by atoms with Gasteiger partial charge in [0, 0.05) is 38.3 Å². The molecule has 5 N–H and O–H groups in total. The molecule has 29 heavy (non-hydrogen) atoms. The Kier molecular flexibility index (Phi) is 8.62. The molecule has 0 spiro atoms. The molecule has 0 bridgehead atoms. The van der Waals surface area contributed by atoms with Crippen LogP contribution in [0.2, 0.25) is 0 Å². The Morgan fingerprint density at radius 2 is 2.07 bits per heavy atom. The summed E-state index contributed by atoms with van der Waals surface area (Å²) < 4.78 is 24.6. The summed E-state index contributed by atoms with van der Waals surface area (Å²) in [5.74, 6) is 0.196. The van der Waals surface area contributed by atoms with Crippen LogP contribution in [-0.2, 0) is 14.8 Å². The fourth-order valence-electron chi connectivity index (χ4n) is 3.66. The number of allylic oxidation sites excluding steroid dienone is 1. The average Bonchev–Trinajstić information content (AvgIpc) is 2.67. The van der Waals surface area contributed by atoms with E-state index in [-0.39, 0.29) is 6.67 Å². The zero-order valence-electron chi connectivity index (χ0n) is 17.4. The fourth-order valence-corrected chi connectivity index (χ4v) is 4.11. The summed E-state index contributed by atoms with van der Waals surface area (Å²) in [5, 5.41) is 0. The van der Waals surface area contributed by atoms with E-state index in [2.05, 4.69) is 32.7 Å². The van der Waals surface area contributed by atoms with Gasteiger partial charge in [-0.25, -0.2) is 23.6 Å². The summed E-state index contributed by atoms with van der Waals surface area (Å²) in [4.78, 5) is 20.9. The van der Waals surface area contributed by atoms with E-state index in [9.17, 15) is 13.2 Å². The lowest BCUT2D eigenvalue weighted by molar-refractivity contribution is -0.115. The van der Waals surface area contributed by atoms with E-state index in [1.54, 1.807) is 13.1 Å². The first-order chi connectivity index (χ1) is 13.7. The number of guanidine groups is 1. The van der Waals surface area contributed by atoms with Crippen molar-refractivity contribution in [3.63, 3.8) is 0 Å². The molecule has 0 atom stereocenters. The molecule has 0 unspecified atom stereocenters. The van der Waals surface area contributed by atoms with E-state index in [1.165, 1.54) is 0 Å². The summed E-state index contributed by atoms with van der Waals surface area (Å²) >= 11 is 0. The summed E-state index contributed by atoms with van der Waals surface area (Å²) in [6.45, 7) is 2.75. The molecule has 1 aliphatic carbocycles. The van der Waals surface area contributed by atoms with Crippen molar-refractivity contribution >= 4 is 21.9 Å². The number of carbonyl (C=O) groups is 1. The highest BCUT2D eigenvalue weighted by molar-refractivity contribution is 7.89. The quantitative estimate of drug-likeness (QED) is 0.234. The molecule has 1 aliphatic heterocycles. The summed E-state index contributed by atoms with van der Waals surface area (Å²) in [7, 11) is 0.326. The summed E-state index contributed by atoms with van der Waals surface area (Å²) in [6, 6.07) is 0.431. The van der Waals surface area contributed by atoms with Gasteiger partial charge in [0.05, 0.1) is 12.9 Å². The van der Waals surface area contributed by atoms with Crippen LogP contribution in [0.15, 0.2) is 28.3 Å². The van der Waals surface area contributed by atoms with Crippen LogP contribution >= 0.6 is 0 Å². The molecule has 0 aromatic rings. The van der Waals surface area contributed by atoms with Crippen molar-refractivity contribution in [2.75, 3.05) is 46.7 Å². The van der Waals surface area contributed by atoms with Gasteiger partial charge in [0.25, 0.3) is 5.91 Å². The molecule has 11 heteroatoms. The molecule has 1 amide bonds. The van der Waals surface area contributed by atoms with Crippen molar-refractivity contribution in [2.24, 2.45) is 10.7 Å². The monoisotopic (exact) mass is 427 g/mol. The Labute approximate surface area is 173 Å². The van der Waals surface area contributed by atoms with E-state index in [1.807, 2.05) is 10.8 Å². The van der Waals surface area contributed by atoms with Gasteiger partial charge in [0.1, 0.15) is 0 Å². The van der Waals surface area contributed by atoms with Crippen molar-refractivity contribution in [3.05, 3.63) is 23.3 Å². The molecule has 10 nitrogen and oxygen atoms in total. The zero-order chi connectivity index (χ0) is 21.4. The number of hydrazine groups is 1. The summed E-state index contributed by atoms with van der Waals surface area (Å²) in [6.07, 6.45) is 8.19. The first-order valence-electron chi connectivity index (χ1n) is 9.77. The molecular weight excluding hydrogens is 394 g/mol. The molecule has 1 heterocycles. The Morgan fingerprint density at radius 3 is 2.66 bits per heavy atom. The molecule has 1 fully saturated rings. The lowest BCUT2D eigenvalue weighted by atomic mass is 9.97. The van der Waals surface area contributed by atoms with Crippen LogP contribution in [0.25, 0.3) is 0 Å². The van der Waals surface area contributed by atoms with Gasteiger partial charge in [-0.3, -0.25) is 15.1 Å². The van der Waals surface area contributed by atoms with Crippen molar-refractivity contribution in [2.45, 2.75) is 31.7 Å². The minimum atomic E-state index is -3.56. The van der Waals surface area contributed by atoms with Gasteiger partial charge in [-0.1, -0.05) is 11.6 Å². The molecule has 1 saturated heterocycles. The third-order valence-corrected chi connectivity index (χ3v) is 5.60. The predicted octanol–water partition coefficient (Wildman–Crippen LogP) is -0.899. The van der Waals surface area contributed by atoms with Crippen LogP contribution in [0.4, 0.5) is 0 Å². The van der Waals surface area contributed by atoms with Gasteiger partial charge >= 0.3 is 0 Å². The summed E-state index contributed by atoms with van der Waals surface area (Å²) in [5.41, 5.74) is 13.0. The van der Waals surface area contributed by atoms with Gasteiger partial charge in [-0.05, 0) is 38.8 Å². The number of likely N-dealkylation sites (tertiary alicyclic amines) is 1. The molecule has 2 aliphatic rings. The number of hydrogen-bond donors (Lipinski definition) is 4. The van der Waals surface area contributed by atoms with Crippen LogP contribution in [-0.4, -0.2) is 82.8 Å². The maximum atomic E-state index is 12.1. The van der Waals surface area contributed by atoms with E-state index in [0.29, 0.717) is 11.6 Å². The van der Waals surface area contributed by atoms with Crippen LogP contribution < -0.4 is 21.3 Å². The van der Waals surface area contributed by atoms with Crippen LogP contribution in [0, 0.1) is 0 Å². The average molecular weight is 428 g/mol. The second-order valence-electron chi connectivity index (χ2n) is 7.38. The number of piperidine rings is 1. The normalized spacial score (nSPS) is 19.1. The number of hydrogen-bond acceptors (Lipinski definition) is 7. The lowest BCUT2D eigenvalue weighted by Crippen LogP contribution is -2.52. The third kappa shape index (κ3) is 7.42. The largest absolute Gasteiger partial charge is 0.342 e. The van der Waals surface area contributed by atoms with Crippen LogP contribution in [0.5, 0.6) is 0 Å². The number of amides is 1. The number of sulfonamides is 1. The van der Waals surface area contributed by atoms with E-state index in [0.717, 1.165) is 63.1 Å². The highest BCUT2D eigenvalue weighted by atomic mass is 32.2. The number of nitrogens with two attached hydrogens (primary N) is 1. The van der Waals surface area contributed by atoms with Gasteiger partial charge in [-0.2, -0.15) is 0 Å². The van der Waals surface area contributed by atoms with Gasteiger partial charge < -0.3 is 10.6 Å². The maximum Gasteiger partial charge on any atom is 0.264 e. The smallest absolute Gasteiger partial charge is 0.264 e. The molecular formula is C18H33N7O3S. The second-order valence-corrected chi connectivity index (χ2v) is 9.13. The molecule has 164 valence electrons. The molecule has 0 aromatic carbocycles. The topological polar surface area (TPSA) is 132 Å². The number of rotatable bonds is 7. The molecule has 0 radical (unpaired) electrons. The van der Waals surface area contributed by atoms with Crippen molar-refractivity contribution in [1.29, 1.82) is 0 Å². The molecule has 2 rings (SSSR count).